The highest BCUT2D eigenvalue weighted by Gasteiger charge is 2.43. The van der Waals surface area contributed by atoms with Crippen LogP contribution in [0.2, 0.25) is 0 Å². The van der Waals surface area contributed by atoms with E-state index in [0.29, 0.717) is 17.9 Å². The van der Waals surface area contributed by atoms with Crippen LogP contribution in [0.1, 0.15) is 69.0 Å². The maximum absolute atomic E-state index is 13.6. The van der Waals surface area contributed by atoms with Gasteiger partial charge in [0.2, 0.25) is 12.3 Å². The van der Waals surface area contributed by atoms with Gasteiger partial charge in [0.15, 0.2) is 0 Å². The molecule has 0 aliphatic heterocycles. The molecule has 0 radical (unpaired) electrons. The van der Waals surface area contributed by atoms with Crippen LogP contribution in [0.25, 0.3) is 0 Å². The standard InChI is InChI=1S/C18H25F4N3O2/c1-9(2)13-14(10-4-5-18(21,22)8-10)24-25(3)16(13)23-17(26)27-12-6-11(7-12)15(19)20/h9-12,15H,4-8H2,1-3H3,(H,23,26). The summed E-state index contributed by atoms with van der Waals surface area (Å²) in [4.78, 5) is 12.2. The molecule has 2 aliphatic rings. The number of aryl methyl sites for hydroxylation is 1. The van der Waals surface area contributed by atoms with Crippen molar-refractivity contribution in [3.8, 4) is 0 Å². The zero-order valence-electron chi connectivity index (χ0n) is 15.6. The number of nitrogens with zero attached hydrogens (tertiary/aromatic N) is 2. The van der Waals surface area contributed by atoms with Crippen molar-refractivity contribution in [1.29, 1.82) is 0 Å². The number of carbonyl (C=O) groups excluding carboxylic acids is 1. The zero-order valence-corrected chi connectivity index (χ0v) is 15.6. The van der Waals surface area contributed by atoms with E-state index < -0.39 is 30.5 Å². The number of alkyl halides is 4. The quantitative estimate of drug-likeness (QED) is 0.716. The average Bonchev–Trinajstić information content (AvgIpc) is 3.02. The summed E-state index contributed by atoms with van der Waals surface area (Å²) in [7, 11) is 1.63. The second kappa shape index (κ2) is 7.31. The van der Waals surface area contributed by atoms with Gasteiger partial charge in [-0.1, -0.05) is 13.8 Å². The first-order chi connectivity index (χ1) is 12.6. The summed E-state index contributed by atoms with van der Waals surface area (Å²) in [5, 5.41) is 7.03. The molecule has 1 N–H and O–H groups in total. The Bertz CT molecular complexity index is 699. The Hall–Kier alpha value is -1.80. The number of amides is 1. The molecule has 0 saturated heterocycles. The molecule has 9 heteroatoms. The molecular formula is C18H25F4N3O2. The Morgan fingerprint density at radius 3 is 2.52 bits per heavy atom. The summed E-state index contributed by atoms with van der Waals surface area (Å²) in [6.45, 7) is 3.81. The van der Waals surface area contributed by atoms with Crippen LogP contribution in [0.3, 0.4) is 0 Å². The summed E-state index contributed by atoms with van der Waals surface area (Å²) in [5.74, 6) is -3.39. The van der Waals surface area contributed by atoms with E-state index in [1.165, 1.54) is 4.68 Å². The van der Waals surface area contributed by atoms with Gasteiger partial charge in [0, 0.05) is 37.3 Å². The molecule has 2 fully saturated rings. The minimum atomic E-state index is -2.69. The molecule has 1 aromatic heterocycles. The second-order valence-corrected chi connectivity index (χ2v) is 7.94. The molecule has 0 spiro atoms. The van der Waals surface area contributed by atoms with Gasteiger partial charge < -0.3 is 4.74 Å². The van der Waals surface area contributed by atoms with Gasteiger partial charge >= 0.3 is 6.09 Å². The smallest absolute Gasteiger partial charge is 0.413 e. The summed E-state index contributed by atoms with van der Waals surface area (Å²) in [6, 6.07) is 0. The number of carbonyl (C=O) groups is 1. The Labute approximate surface area is 155 Å². The van der Waals surface area contributed by atoms with Crippen molar-refractivity contribution >= 4 is 11.9 Å². The first-order valence-electron chi connectivity index (χ1n) is 9.27. The molecule has 2 aliphatic carbocycles. The maximum atomic E-state index is 13.6. The van der Waals surface area contributed by atoms with E-state index in [4.69, 9.17) is 4.74 Å². The molecule has 2 saturated carbocycles. The van der Waals surface area contributed by atoms with Crippen molar-refractivity contribution in [1.82, 2.24) is 9.78 Å². The third-order valence-corrected chi connectivity index (χ3v) is 5.46. The van der Waals surface area contributed by atoms with Gasteiger partial charge in [0.25, 0.3) is 0 Å². The van der Waals surface area contributed by atoms with E-state index in [1.54, 1.807) is 7.05 Å². The van der Waals surface area contributed by atoms with Crippen LogP contribution in [-0.2, 0) is 11.8 Å². The molecule has 152 valence electrons. The van der Waals surface area contributed by atoms with Crippen molar-refractivity contribution in [2.75, 3.05) is 5.32 Å². The second-order valence-electron chi connectivity index (χ2n) is 7.94. The number of aromatic nitrogens is 2. The minimum absolute atomic E-state index is 0.0369. The summed E-state index contributed by atoms with van der Waals surface area (Å²) < 4.78 is 58.9. The molecule has 0 aromatic carbocycles. The van der Waals surface area contributed by atoms with Gasteiger partial charge in [-0.15, -0.1) is 0 Å². The van der Waals surface area contributed by atoms with E-state index in [2.05, 4.69) is 10.4 Å². The van der Waals surface area contributed by atoms with Gasteiger partial charge in [-0.25, -0.2) is 22.4 Å². The van der Waals surface area contributed by atoms with E-state index in [9.17, 15) is 22.4 Å². The molecule has 5 nitrogen and oxygen atoms in total. The molecule has 27 heavy (non-hydrogen) atoms. The van der Waals surface area contributed by atoms with Crippen molar-refractivity contribution in [2.45, 2.75) is 76.2 Å². The highest BCUT2D eigenvalue weighted by Crippen LogP contribution is 2.46. The maximum Gasteiger partial charge on any atom is 0.413 e. The number of rotatable bonds is 5. The Morgan fingerprint density at radius 1 is 1.33 bits per heavy atom. The van der Waals surface area contributed by atoms with Crippen molar-refractivity contribution < 1.29 is 27.1 Å². The van der Waals surface area contributed by atoms with Crippen molar-refractivity contribution in [3.63, 3.8) is 0 Å². The SMILES string of the molecule is CC(C)c1c(C2CCC(F)(F)C2)nn(C)c1NC(=O)OC1CC(C(F)F)C1. The van der Waals surface area contributed by atoms with Gasteiger partial charge in [0.05, 0.1) is 5.69 Å². The predicted molar refractivity (Wildman–Crippen MR) is 91.5 cm³/mol. The molecule has 1 atom stereocenters. The molecule has 1 aromatic rings. The Balaban J connectivity index is 1.71. The van der Waals surface area contributed by atoms with E-state index >= 15 is 0 Å². The fourth-order valence-corrected chi connectivity index (χ4v) is 3.95. The first-order valence-corrected chi connectivity index (χ1v) is 9.27. The van der Waals surface area contributed by atoms with Crippen LogP contribution >= 0.6 is 0 Å². The third kappa shape index (κ3) is 4.21. The molecule has 1 heterocycles. The fraction of sp³-hybridized carbons (Fsp3) is 0.778. The lowest BCUT2D eigenvalue weighted by Gasteiger charge is -2.33. The molecule has 3 rings (SSSR count). The van der Waals surface area contributed by atoms with E-state index in [1.807, 2.05) is 13.8 Å². The Kier molecular flexibility index (Phi) is 5.40. The first kappa shape index (κ1) is 19.9. The third-order valence-electron chi connectivity index (χ3n) is 5.46. The van der Waals surface area contributed by atoms with Gasteiger partial charge in [0.1, 0.15) is 11.9 Å². The lowest BCUT2D eigenvalue weighted by molar-refractivity contribution is -0.0478. The van der Waals surface area contributed by atoms with Crippen LogP contribution in [0.15, 0.2) is 0 Å². The highest BCUT2D eigenvalue weighted by molar-refractivity contribution is 5.85. The molecule has 1 amide bonds. The number of hydrogen-bond donors (Lipinski definition) is 1. The van der Waals surface area contributed by atoms with Gasteiger partial charge in [-0.05, 0) is 25.2 Å². The van der Waals surface area contributed by atoms with Crippen LogP contribution in [0, 0.1) is 5.92 Å². The topological polar surface area (TPSA) is 56.2 Å². The van der Waals surface area contributed by atoms with E-state index in [0.717, 1.165) is 5.56 Å². The summed E-state index contributed by atoms with van der Waals surface area (Å²) in [6.07, 6.45) is -3.41. The number of nitrogens with one attached hydrogen (secondary N) is 1. The summed E-state index contributed by atoms with van der Waals surface area (Å²) >= 11 is 0. The van der Waals surface area contributed by atoms with Gasteiger partial charge in [-0.3, -0.25) is 10.00 Å². The van der Waals surface area contributed by atoms with Crippen LogP contribution in [-0.4, -0.2) is 34.3 Å². The van der Waals surface area contributed by atoms with Crippen LogP contribution in [0.4, 0.5) is 28.2 Å². The molecule has 0 bridgehead atoms. The fourth-order valence-electron chi connectivity index (χ4n) is 3.95. The number of hydrogen-bond acceptors (Lipinski definition) is 3. The molecular weight excluding hydrogens is 366 g/mol. The highest BCUT2D eigenvalue weighted by atomic mass is 19.3. The normalized spacial score (nSPS) is 27.1. The number of ether oxygens (including phenoxy) is 1. The van der Waals surface area contributed by atoms with Crippen LogP contribution < -0.4 is 5.32 Å². The zero-order chi connectivity index (χ0) is 19.9. The predicted octanol–water partition coefficient (Wildman–Crippen LogP) is 5.04. The molecule has 1 unspecified atom stereocenters. The lowest BCUT2D eigenvalue weighted by Crippen LogP contribution is -2.38. The van der Waals surface area contributed by atoms with Crippen molar-refractivity contribution in [3.05, 3.63) is 11.3 Å². The van der Waals surface area contributed by atoms with Crippen LogP contribution in [0.5, 0.6) is 0 Å². The van der Waals surface area contributed by atoms with Gasteiger partial charge in [-0.2, -0.15) is 5.10 Å². The van der Waals surface area contributed by atoms with Crippen molar-refractivity contribution in [2.24, 2.45) is 13.0 Å². The average molecular weight is 391 g/mol. The summed E-state index contributed by atoms with van der Waals surface area (Å²) in [5.41, 5.74) is 1.30. The number of anilines is 1. The number of halogens is 4. The monoisotopic (exact) mass is 391 g/mol. The minimum Gasteiger partial charge on any atom is -0.446 e. The Morgan fingerprint density at radius 2 is 2.00 bits per heavy atom. The lowest BCUT2D eigenvalue weighted by atomic mass is 9.83. The largest absolute Gasteiger partial charge is 0.446 e. The van der Waals surface area contributed by atoms with E-state index in [-0.39, 0.29) is 37.5 Å².